The molecule has 1 fully saturated rings. The first-order valence-corrected chi connectivity index (χ1v) is 11.3. The number of halogens is 4. The van der Waals surface area contributed by atoms with Crippen LogP contribution in [0.1, 0.15) is 24.8 Å². The minimum absolute atomic E-state index is 0.00245. The van der Waals surface area contributed by atoms with Gasteiger partial charge >= 0.3 is 12.3 Å². The van der Waals surface area contributed by atoms with Crippen LogP contribution in [0.2, 0.25) is 0 Å². The van der Waals surface area contributed by atoms with E-state index >= 15 is 0 Å². The number of benzene rings is 1. The van der Waals surface area contributed by atoms with Gasteiger partial charge in [-0.3, -0.25) is 5.32 Å². The number of H-pyrrole nitrogens is 1. The number of methoxy groups -OCH3 is 1. The number of rotatable bonds is 5. The third-order valence-corrected chi connectivity index (χ3v) is 6.61. The van der Waals surface area contributed by atoms with E-state index in [4.69, 9.17) is 0 Å². The smallest absolute Gasteiger partial charge is 0.419 e. The highest BCUT2D eigenvalue weighted by Gasteiger charge is 2.36. The molecule has 4 rings (SSSR count). The number of amides is 1. The summed E-state index contributed by atoms with van der Waals surface area (Å²) in [6.45, 7) is 0. The Morgan fingerprint density at radius 3 is 2.85 bits per heavy atom. The number of carbonyl (C=O) groups is 1. The van der Waals surface area contributed by atoms with E-state index < -0.39 is 17.8 Å². The number of fused-ring (bicyclic) bond motifs is 1. The molecule has 0 saturated heterocycles. The van der Waals surface area contributed by atoms with Crippen molar-refractivity contribution < 1.29 is 22.7 Å². The number of aromatic nitrogens is 3. The molecule has 2 heterocycles. The first-order chi connectivity index (χ1) is 16.2. The lowest BCUT2D eigenvalue weighted by atomic mass is 10.0. The summed E-state index contributed by atoms with van der Waals surface area (Å²) in [6, 6.07) is 3.18. The fourth-order valence-corrected chi connectivity index (χ4v) is 4.74. The lowest BCUT2D eigenvalue weighted by molar-refractivity contribution is -0.137. The maximum Gasteiger partial charge on any atom is 0.419 e. The summed E-state index contributed by atoms with van der Waals surface area (Å²) in [5, 5.41) is 6.23. The van der Waals surface area contributed by atoms with Crippen LogP contribution in [0.25, 0.3) is 22.2 Å². The molecular formula is C22H22BrF3N6O2. The Labute approximate surface area is 201 Å². The van der Waals surface area contributed by atoms with Crippen molar-refractivity contribution in [2.45, 2.75) is 31.5 Å². The van der Waals surface area contributed by atoms with E-state index in [1.54, 1.807) is 19.2 Å². The third kappa shape index (κ3) is 4.72. The van der Waals surface area contributed by atoms with E-state index in [0.29, 0.717) is 21.1 Å². The van der Waals surface area contributed by atoms with Crippen LogP contribution in [0, 0.1) is 5.92 Å². The van der Waals surface area contributed by atoms with Crippen LogP contribution in [0.15, 0.2) is 34.0 Å². The van der Waals surface area contributed by atoms with Crippen LogP contribution in [0.4, 0.5) is 29.6 Å². The second kappa shape index (κ2) is 9.61. The summed E-state index contributed by atoms with van der Waals surface area (Å²) < 4.78 is 46.7. The van der Waals surface area contributed by atoms with Crippen molar-refractivity contribution in [3.8, 4) is 11.3 Å². The molecule has 3 aromatic rings. The lowest BCUT2D eigenvalue weighted by Crippen LogP contribution is -2.26. The van der Waals surface area contributed by atoms with Crippen LogP contribution in [0.3, 0.4) is 0 Å². The van der Waals surface area contributed by atoms with Crippen LogP contribution >= 0.6 is 15.9 Å². The molecule has 0 bridgehead atoms. The van der Waals surface area contributed by atoms with Gasteiger partial charge in [-0.25, -0.2) is 14.8 Å². The maximum atomic E-state index is 13.9. The molecular weight excluding hydrogens is 517 g/mol. The van der Waals surface area contributed by atoms with Crippen molar-refractivity contribution in [3.63, 3.8) is 0 Å². The number of ether oxygens (including phenoxy) is 1. The first kappa shape index (κ1) is 24.0. The molecule has 0 radical (unpaired) electrons. The highest BCUT2D eigenvalue weighted by Crippen LogP contribution is 2.41. The van der Waals surface area contributed by atoms with E-state index in [-0.39, 0.29) is 29.2 Å². The average Bonchev–Trinajstić information content (AvgIpc) is 3.42. The van der Waals surface area contributed by atoms with E-state index in [1.165, 1.54) is 13.3 Å². The second-order valence-corrected chi connectivity index (χ2v) is 8.67. The number of anilines is 2. The van der Waals surface area contributed by atoms with Gasteiger partial charge in [0.25, 0.3) is 0 Å². The van der Waals surface area contributed by atoms with Gasteiger partial charge < -0.3 is 20.0 Å². The van der Waals surface area contributed by atoms with Crippen molar-refractivity contribution in [2.75, 3.05) is 24.8 Å². The highest BCUT2D eigenvalue weighted by molar-refractivity contribution is 9.10. The molecule has 1 saturated carbocycles. The zero-order valence-electron chi connectivity index (χ0n) is 18.3. The van der Waals surface area contributed by atoms with Crippen molar-refractivity contribution in [1.29, 1.82) is 0 Å². The molecule has 1 amide bonds. The van der Waals surface area contributed by atoms with Crippen LogP contribution in [0.5, 0.6) is 0 Å². The van der Waals surface area contributed by atoms with Crippen LogP contribution in [-0.4, -0.2) is 47.5 Å². The van der Waals surface area contributed by atoms with Gasteiger partial charge in [-0.05, 0) is 34.8 Å². The summed E-state index contributed by atoms with van der Waals surface area (Å²) in [6.07, 6.45) is 1.59. The number of alkyl halides is 3. The number of hydrogen-bond donors (Lipinski definition) is 3. The number of aliphatic imine (C=N–C) groups is 1. The van der Waals surface area contributed by atoms with Gasteiger partial charge in [0.2, 0.25) is 5.95 Å². The number of carbonyl (C=O) groups excluding carboxylic acids is 1. The van der Waals surface area contributed by atoms with Crippen molar-refractivity contribution in [2.24, 2.45) is 10.9 Å². The summed E-state index contributed by atoms with van der Waals surface area (Å²) in [5.74, 6) is 0.297. The molecule has 180 valence electrons. The highest BCUT2D eigenvalue weighted by atomic mass is 79.9. The fourth-order valence-electron chi connectivity index (χ4n) is 4.18. The number of aromatic amines is 1. The van der Waals surface area contributed by atoms with Gasteiger partial charge in [0, 0.05) is 48.6 Å². The molecule has 2 atom stereocenters. The predicted octanol–water partition coefficient (Wildman–Crippen LogP) is 5.87. The first-order valence-electron chi connectivity index (χ1n) is 10.5. The molecule has 3 N–H and O–H groups in total. The average molecular weight is 539 g/mol. The summed E-state index contributed by atoms with van der Waals surface area (Å²) in [7, 11) is 2.93. The van der Waals surface area contributed by atoms with Crippen LogP contribution < -0.4 is 10.6 Å². The van der Waals surface area contributed by atoms with Gasteiger partial charge in [-0.2, -0.15) is 13.2 Å². The molecule has 34 heavy (non-hydrogen) atoms. The predicted molar refractivity (Wildman–Crippen MR) is 127 cm³/mol. The zero-order valence-corrected chi connectivity index (χ0v) is 19.9. The number of nitrogens with one attached hydrogen (secondary N) is 3. The molecule has 12 heteroatoms. The van der Waals surface area contributed by atoms with E-state index in [0.717, 1.165) is 25.5 Å². The molecule has 1 unspecified atom stereocenters. The van der Waals surface area contributed by atoms with Gasteiger partial charge in [0.1, 0.15) is 5.56 Å². The summed E-state index contributed by atoms with van der Waals surface area (Å²) in [5.41, 5.74) is -0.0180. The Morgan fingerprint density at radius 1 is 1.35 bits per heavy atom. The Balaban J connectivity index is 1.77. The van der Waals surface area contributed by atoms with E-state index in [1.807, 2.05) is 6.21 Å². The zero-order chi connectivity index (χ0) is 24.5. The monoisotopic (exact) mass is 538 g/mol. The molecule has 0 aliphatic heterocycles. The Kier molecular flexibility index (Phi) is 6.78. The SMILES string of the molecule is C/N=C\C1CCC[C@@H]1Nc1ncc(C(F)(F)F)c(-c2c[nH]c3c(Br)c(NC(=O)OC)ccc23)n1. The molecule has 1 aliphatic rings. The van der Waals surface area contributed by atoms with Crippen molar-refractivity contribution in [3.05, 3.63) is 34.6 Å². The van der Waals surface area contributed by atoms with Crippen LogP contribution in [-0.2, 0) is 10.9 Å². The Morgan fingerprint density at radius 2 is 2.15 bits per heavy atom. The number of nitrogens with zero attached hydrogens (tertiary/aromatic N) is 3. The standard InChI is InChI=1S/C22H22BrF3N6O2/c1-27-8-11-4-3-5-15(11)30-20-29-10-14(22(24,25)26)18(32-20)13-9-28-19-12(13)6-7-16(17(19)23)31-21(33)34-2/h6-11,15,28H,3-5H2,1-2H3,(H,31,33)(H,29,30,32)/b27-8-/t11?,15-/m0/s1. The maximum absolute atomic E-state index is 13.9. The molecule has 2 aromatic heterocycles. The minimum Gasteiger partial charge on any atom is -0.453 e. The third-order valence-electron chi connectivity index (χ3n) is 5.79. The fraction of sp³-hybridized carbons (Fsp3) is 0.364. The van der Waals surface area contributed by atoms with Gasteiger partial charge in [0.05, 0.1) is 28.5 Å². The lowest BCUT2D eigenvalue weighted by Gasteiger charge is -2.19. The largest absolute Gasteiger partial charge is 0.453 e. The van der Waals surface area contributed by atoms with Crippen molar-refractivity contribution >= 4 is 50.8 Å². The quantitative estimate of drug-likeness (QED) is 0.352. The van der Waals surface area contributed by atoms with Gasteiger partial charge in [0.15, 0.2) is 0 Å². The normalized spacial score (nSPS) is 18.5. The van der Waals surface area contributed by atoms with E-state index in [9.17, 15) is 18.0 Å². The topological polar surface area (TPSA) is 104 Å². The van der Waals surface area contributed by atoms with Gasteiger partial charge in [-0.1, -0.05) is 12.5 Å². The summed E-state index contributed by atoms with van der Waals surface area (Å²) in [4.78, 5) is 26.9. The van der Waals surface area contributed by atoms with Crippen molar-refractivity contribution in [1.82, 2.24) is 15.0 Å². The second-order valence-electron chi connectivity index (χ2n) is 7.88. The molecule has 0 spiro atoms. The minimum atomic E-state index is -4.65. The van der Waals surface area contributed by atoms with E-state index in [2.05, 4.69) is 51.2 Å². The molecule has 1 aliphatic carbocycles. The Hall–Kier alpha value is -3.15. The summed E-state index contributed by atoms with van der Waals surface area (Å²) >= 11 is 3.40. The molecule has 1 aromatic carbocycles. The Bertz CT molecular complexity index is 1240. The number of hydrogen-bond acceptors (Lipinski definition) is 6. The van der Waals surface area contributed by atoms with Gasteiger partial charge in [-0.15, -0.1) is 0 Å². The molecule has 8 nitrogen and oxygen atoms in total.